The fourth-order valence-electron chi connectivity index (χ4n) is 3.38. The van der Waals surface area contributed by atoms with Crippen LogP contribution in [-0.2, 0) is 12.8 Å². The first kappa shape index (κ1) is 21.7. The Bertz CT molecular complexity index is 712. The highest BCUT2D eigenvalue weighted by Crippen LogP contribution is 2.23. The first-order valence-corrected chi connectivity index (χ1v) is 10.2. The molecule has 0 spiro atoms. The van der Waals surface area contributed by atoms with Crippen molar-refractivity contribution in [2.24, 2.45) is 0 Å². The first-order chi connectivity index (χ1) is 13.5. The number of phenolic OH excluding ortho intramolecular Hbond substituents is 4. The van der Waals surface area contributed by atoms with E-state index >= 15 is 0 Å². The number of hydrogen-bond donors (Lipinski definition) is 4. The molecule has 4 heteroatoms. The van der Waals surface area contributed by atoms with Gasteiger partial charge in [0.25, 0.3) is 0 Å². The molecule has 0 aliphatic rings. The minimum atomic E-state index is 0.116. The van der Waals surface area contributed by atoms with Gasteiger partial charge in [-0.25, -0.2) is 0 Å². The van der Waals surface area contributed by atoms with Crippen molar-refractivity contribution in [1.82, 2.24) is 0 Å². The molecule has 0 saturated heterocycles. The Kier molecular flexibility index (Phi) is 9.26. The van der Waals surface area contributed by atoms with Crippen LogP contribution in [0.4, 0.5) is 0 Å². The summed E-state index contributed by atoms with van der Waals surface area (Å²) in [4.78, 5) is 0. The third-order valence-corrected chi connectivity index (χ3v) is 4.76. The van der Waals surface area contributed by atoms with Crippen LogP contribution in [0, 0.1) is 0 Å². The molecule has 4 nitrogen and oxygen atoms in total. The zero-order valence-electron chi connectivity index (χ0n) is 16.5. The van der Waals surface area contributed by atoms with Gasteiger partial charge in [-0.15, -0.1) is 0 Å². The summed E-state index contributed by atoms with van der Waals surface area (Å²) in [5, 5.41) is 37.8. The Labute approximate surface area is 167 Å². The molecule has 0 amide bonds. The maximum Gasteiger partial charge on any atom is 0.119 e. The smallest absolute Gasteiger partial charge is 0.119 e. The molecule has 152 valence electrons. The van der Waals surface area contributed by atoms with Crippen molar-refractivity contribution < 1.29 is 20.4 Å². The van der Waals surface area contributed by atoms with Gasteiger partial charge in [-0.2, -0.15) is 0 Å². The second kappa shape index (κ2) is 12.0. The lowest BCUT2D eigenvalue weighted by atomic mass is 10.0. The molecule has 0 saturated carbocycles. The third-order valence-electron chi connectivity index (χ3n) is 4.76. The topological polar surface area (TPSA) is 80.9 Å². The van der Waals surface area contributed by atoms with E-state index in [9.17, 15) is 20.4 Å². The van der Waals surface area contributed by atoms with Crippen LogP contribution >= 0.6 is 0 Å². The Morgan fingerprint density at radius 1 is 0.464 bits per heavy atom. The quantitative estimate of drug-likeness (QED) is 0.268. The van der Waals surface area contributed by atoms with E-state index in [1.165, 1.54) is 31.4 Å². The van der Waals surface area contributed by atoms with E-state index in [0.29, 0.717) is 0 Å². The van der Waals surface area contributed by atoms with Crippen LogP contribution in [-0.4, -0.2) is 20.4 Å². The maximum absolute atomic E-state index is 9.46. The Morgan fingerprint density at radius 2 is 0.857 bits per heavy atom. The van der Waals surface area contributed by atoms with Crippen LogP contribution < -0.4 is 0 Å². The van der Waals surface area contributed by atoms with Crippen molar-refractivity contribution in [2.45, 2.75) is 64.2 Å². The molecule has 0 aliphatic carbocycles. The molecule has 2 rings (SSSR count). The minimum absolute atomic E-state index is 0.116. The zero-order valence-corrected chi connectivity index (χ0v) is 16.5. The molecular formula is C24H32O4. The van der Waals surface area contributed by atoms with Gasteiger partial charge in [-0.3, -0.25) is 0 Å². The molecule has 2 aromatic carbocycles. The lowest BCUT2D eigenvalue weighted by Gasteiger charge is -2.04. The largest absolute Gasteiger partial charge is 0.508 e. The summed E-state index contributed by atoms with van der Waals surface area (Å²) in [6.45, 7) is 0. The zero-order chi connectivity index (χ0) is 20.2. The fourth-order valence-corrected chi connectivity index (χ4v) is 3.38. The summed E-state index contributed by atoms with van der Waals surface area (Å²) in [6, 6.07) is 9.54. The van der Waals surface area contributed by atoms with Gasteiger partial charge in [0.1, 0.15) is 23.0 Å². The predicted molar refractivity (Wildman–Crippen MR) is 113 cm³/mol. The summed E-state index contributed by atoms with van der Waals surface area (Å²) in [5.41, 5.74) is 1.95. The molecule has 0 aromatic heterocycles. The highest BCUT2D eigenvalue weighted by atomic mass is 16.3. The molecule has 0 radical (unpaired) electrons. The summed E-state index contributed by atoms with van der Waals surface area (Å²) >= 11 is 0. The summed E-state index contributed by atoms with van der Waals surface area (Å²) in [6.07, 6.45) is 15.2. The Hall–Kier alpha value is -2.62. The lowest BCUT2D eigenvalue weighted by Crippen LogP contribution is -1.86. The molecule has 0 unspecified atom stereocenters. The number of benzene rings is 2. The first-order valence-electron chi connectivity index (χ1n) is 10.2. The maximum atomic E-state index is 9.46. The molecule has 4 N–H and O–H groups in total. The number of phenols is 4. The van der Waals surface area contributed by atoms with E-state index in [2.05, 4.69) is 12.2 Å². The highest BCUT2D eigenvalue weighted by Gasteiger charge is 2.00. The van der Waals surface area contributed by atoms with E-state index in [1.54, 1.807) is 24.3 Å². The van der Waals surface area contributed by atoms with Crippen LogP contribution in [0.15, 0.2) is 48.6 Å². The molecule has 0 bridgehead atoms. The standard InChI is InChI=1S/C24H32O4/c25-21-13-19(14-22(26)17-21)11-9-7-5-3-1-2-4-6-8-10-12-20-15-23(27)18-24(28)16-20/h3,5,13-18,25-28H,1-2,4,6-12H2/b5-3-. The predicted octanol–water partition coefficient (Wildman–Crippen LogP) is 5.97. The van der Waals surface area contributed by atoms with E-state index in [4.69, 9.17) is 0 Å². The number of allylic oxidation sites excluding steroid dienone is 2. The van der Waals surface area contributed by atoms with Crippen molar-refractivity contribution in [3.8, 4) is 23.0 Å². The molecule has 2 aromatic rings. The van der Waals surface area contributed by atoms with Crippen molar-refractivity contribution in [3.05, 3.63) is 59.7 Å². The van der Waals surface area contributed by atoms with Gasteiger partial charge in [-0.1, -0.05) is 31.4 Å². The monoisotopic (exact) mass is 384 g/mol. The third kappa shape index (κ3) is 8.85. The summed E-state index contributed by atoms with van der Waals surface area (Å²) in [5.74, 6) is 0.486. The number of rotatable bonds is 12. The van der Waals surface area contributed by atoms with Crippen LogP contribution in [0.25, 0.3) is 0 Å². The van der Waals surface area contributed by atoms with Gasteiger partial charge in [0.15, 0.2) is 0 Å². The summed E-state index contributed by atoms with van der Waals surface area (Å²) in [7, 11) is 0. The van der Waals surface area contributed by atoms with E-state index in [1.807, 2.05) is 0 Å². The fraction of sp³-hybridized carbons (Fsp3) is 0.417. The normalized spacial score (nSPS) is 11.3. The van der Waals surface area contributed by atoms with E-state index in [-0.39, 0.29) is 23.0 Å². The van der Waals surface area contributed by atoms with Crippen molar-refractivity contribution in [3.63, 3.8) is 0 Å². The van der Waals surface area contributed by atoms with Crippen LogP contribution in [0.5, 0.6) is 23.0 Å². The average Bonchev–Trinajstić information content (AvgIpc) is 2.61. The molecule has 28 heavy (non-hydrogen) atoms. The number of hydrogen-bond acceptors (Lipinski definition) is 4. The van der Waals surface area contributed by atoms with Crippen LogP contribution in [0.1, 0.15) is 62.5 Å². The van der Waals surface area contributed by atoms with Crippen LogP contribution in [0.2, 0.25) is 0 Å². The van der Waals surface area contributed by atoms with Crippen molar-refractivity contribution in [1.29, 1.82) is 0 Å². The molecule has 0 fully saturated rings. The number of unbranched alkanes of at least 4 members (excludes halogenated alkanes) is 6. The Balaban J connectivity index is 1.45. The second-order valence-electron chi connectivity index (χ2n) is 7.39. The second-order valence-corrected chi connectivity index (χ2v) is 7.39. The Morgan fingerprint density at radius 3 is 1.39 bits per heavy atom. The van der Waals surface area contributed by atoms with Gasteiger partial charge in [-0.05, 0) is 80.3 Å². The van der Waals surface area contributed by atoms with E-state index in [0.717, 1.165) is 56.1 Å². The lowest BCUT2D eigenvalue weighted by molar-refractivity contribution is 0.448. The number of aryl methyl sites for hydroxylation is 2. The van der Waals surface area contributed by atoms with Gasteiger partial charge in [0.2, 0.25) is 0 Å². The SMILES string of the molecule is Oc1cc(O)cc(CCC/C=C\CCCCCCCc2cc(O)cc(O)c2)c1. The van der Waals surface area contributed by atoms with Gasteiger partial charge < -0.3 is 20.4 Å². The minimum Gasteiger partial charge on any atom is -0.508 e. The average molecular weight is 385 g/mol. The van der Waals surface area contributed by atoms with Gasteiger partial charge in [0.05, 0.1) is 0 Å². The van der Waals surface area contributed by atoms with Gasteiger partial charge in [0, 0.05) is 12.1 Å². The highest BCUT2D eigenvalue weighted by molar-refractivity contribution is 5.37. The molecular weight excluding hydrogens is 352 g/mol. The molecule has 0 heterocycles. The molecule has 0 aliphatic heterocycles. The number of aromatic hydroxyl groups is 4. The molecule has 0 atom stereocenters. The van der Waals surface area contributed by atoms with Crippen molar-refractivity contribution in [2.75, 3.05) is 0 Å². The van der Waals surface area contributed by atoms with Crippen LogP contribution in [0.3, 0.4) is 0 Å². The van der Waals surface area contributed by atoms with Gasteiger partial charge >= 0.3 is 0 Å². The summed E-state index contributed by atoms with van der Waals surface area (Å²) < 4.78 is 0. The van der Waals surface area contributed by atoms with Crippen molar-refractivity contribution >= 4 is 0 Å². The van der Waals surface area contributed by atoms with E-state index < -0.39 is 0 Å².